The molecule has 6 heteroatoms. The fourth-order valence-electron chi connectivity index (χ4n) is 3.53. The Morgan fingerprint density at radius 3 is 2.93 bits per heavy atom. The molecule has 5 nitrogen and oxygen atoms in total. The van der Waals surface area contributed by atoms with E-state index in [0.29, 0.717) is 11.8 Å². The van der Waals surface area contributed by atoms with Crippen LogP contribution in [0.5, 0.6) is 11.5 Å². The van der Waals surface area contributed by atoms with Gasteiger partial charge < -0.3 is 15.4 Å². The van der Waals surface area contributed by atoms with Crippen molar-refractivity contribution in [2.45, 2.75) is 38.8 Å². The lowest BCUT2D eigenvalue weighted by Crippen LogP contribution is -2.20. The minimum absolute atomic E-state index is 0.0129. The normalized spacial score (nSPS) is 17.3. The van der Waals surface area contributed by atoms with Gasteiger partial charge in [0.15, 0.2) is 11.6 Å². The molecule has 2 aromatic carbocycles. The van der Waals surface area contributed by atoms with Gasteiger partial charge in [0.2, 0.25) is 0 Å². The zero-order chi connectivity index (χ0) is 19.7. The second kappa shape index (κ2) is 7.54. The predicted octanol–water partition coefficient (Wildman–Crippen LogP) is 4.77. The number of nitrogens with zero attached hydrogens (tertiary/aromatic N) is 2. The average molecular weight is 380 g/mol. The monoisotopic (exact) mass is 380 g/mol. The number of nitrogens with one attached hydrogen (secondary N) is 2. The number of aryl methyl sites for hydroxylation is 1. The average Bonchev–Trinajstić information content (AvgIpc) is 3.29. The fourth-order valence-corrected chi connectivity index (χ4v) is 3.53. The smallest absolute Gasteiger partial charge is 0.166 e. The summed E-state index contributed by atoms with van der Waals surface area (Å²) < 4.78 is 22.2. The van der Waals surface area contributed by atoms with Crippen LogP contribution in [0.4, 0.5) is 4.39 Å². The SMILES string of the molecule is CCC1CC(NC(C)c2ccc(Oc3ccc4c(cnn4C)c3)c(F)c2)=CN1. The Bertz CT molecular complexity index is 1030. The van der Waals surface area contributed by atoms with Crippen LogP contribution in [-0.4, -0.2) is 15.8 Å². The Kier molecular flexibility index (Phi) is 4.94. The van der Waals surface area contributed by atoms with Crippen molar-refractivity contribution in [2.24, 2.45) is 7.05 Å². The molecule has 0 saturated carbocycles. The number of fused-ring (bicyclic) bond motifs is 1. The van der Waals surface area contributed by atoms with Gasteiger partial charge in [-0.1, -0.05) is 13.0 Å². The third kappa shape index (κ3) is 3.67. The molecule has 28 heavy (non-hydrogen) atoms. The molecular formula is C22H25FN4O. The van der Waals surface area contributed by atoms with E-state index < -0.39 is 0 Å². The Hall–Kier alpha value is -3.02. The van der Waals surface area contributed by atoms with Gasteiger partial charge in [-0.2, -0.15) is 5.10 Å². The number of ether oxygens (including phenoxy) is 1. The van der Waals surface area contributed by atoms with Crippen LogP contribution < -0.4 is 15.4 Å². The Morgan fingerprint density at radius 2 is 2.18 bits per heavy atom. The van der Waals surface area contributed by atoms with Crippen molar-refractivity contribution in [3.05, 3.63) is 65.9 Å². The molecule has 1 aromatic heterocycles. The van der Waals surface area contributed by atoms with Crippen LogP contribution in [0.25, 0.3) is 10.9 Å². The van der Waals surface area contributed by atoms with Gasteiger partial charge in [-0.25, -0.2) is 4.39 Å². The van der Waals surface area contributed by atoms with Gasteiger partial charge in [0.05, 0.1) is 11.7 Å². The van der Waals surface area contributed by atoms with Crippen molar-refractivity contribution in [3.8, 4) is 11.5 Å². The summed E-state index contributed by atoms with van der Waals surface area (Å²) >= 11 is 0. The van der Waals surface area contributed by atoms with Crippen LogP contribution in [0.3, 0.4) is 0 Å². The third-order valence-corrected chi connectivity index (χ3v) is 5.26. The number of benzene rings is 2. The summed E-state index contributed by atoms with van der Waals surface area (Å²) in [6.07, 6.45) is 5.85. The highest BCUT2D eigenvalue weighted by Gasteiger charge is 2.17. The maximum Gasteiger partial charge on any atom is 0.166 e. The third-order valence-electron chi connectivity index (χ3n) is 5.26. The zero-order valence-corrected chi connectivity index (χ0v) is 16.4. The predicted molar refractivity (Wildman–Crippen MR) is 109 cm³/mol. The summed E-state index contributed by atoms with van der Waals surface area (Å²) in [6, 6.07) is 11.2. The van der Waals surface area contributed by atoms with E-state index in [9.17, 15) is 4.39 Å². The maximum atomic E-state index is 14.6. The van der Waals surface area contributed by atoms with Crippen LogP contribution in [0.2, 0.25) is 0 Å². The molecule has 0 bridgehead atoms. The molecule has 0 spiro atoms. The molecule has 2 unspecified atom stereocenters. The Labute approximate surface area is 164 Å². The lowest BCUT2D eigenvalue weighted by Gasteiger charge is -2.17. The highest BCUT2D eigenvalue weighted by atomic mass is 19.1. The number of hydrogen-bond acceptors (Lipinski definition) is 4. The summed E-state index contributed by atoms with van der Waals surface area (Å²) in [4.78, 5) is 0. The van der Waals surface area contributed by atoms with E-state index in [4.69, 9.17) is 4.74 Å². The van der Waals surface area contributed by atoms with E-state index in [-0.39, 0.29) is 17.6 Å². The zero-order valence-electron chi connectivity index (χ0n) is 16.4. The van der Waals surface area contributed by atoms with E-state index in [1.165, 1.54) is 6.07 Å². The second-order valence-electron chi connectivity index (χ2n) is 7.29. The van der Waals surface area contributed by atoms with E-state index in [0.717, 1.165) is 35.0 Å². The highest BCUT2D eigenvalue weighted by Crippen LogP contribution is 2.29. The standard InChI is InChI=1S/C22H25FN4O/c1-4-17-11-18(13-24-17)26-14(2)15-5-8-22(20(23)10-15)28-19-6-7-21-16(9-19)12-25-27(21)3/h5-10,12-14,17,24,26H,4,11H2,1-3H3. The van der Waals surface area contributed by atoms with Gasteiger partial charge in [0.25, 0.3) is 0 Å². The van der Waals surface area contributed by atoms with Crippen molar-refractivity contribution in [3.63, 3.8) is 0 Å². The van der Waals surface area contributed by atoms with Gasteiger partial charge >= 0.3 is 0 Å². The second-order valence-corrected chi connectivity index (χ2v) is 7.29. The first-order valence-corrected chi connectivity index (χ1v) is 9.64. The van der Waals surface area contributed by atoms with E-state index in [1.54, 1.807) is 16.9 Å². The molecule has 3 aromatic rings. The van der Waals surface area contributed by atoms with Crippen molar-refractivity contribution in [1.82, 2.24) is 20.4 Å². The van der Waals surface area contributed by atoms with Gasteiger partial charge in [-0.3, -0.25) is 4.68 Å². The topological polar surface area (TPSA) is 51.1 Å². The molecule has 2 N–H and O–H groups in total. The Balaban J connectivity index is 1.46. The van der Waals surface area contributed by atoms with Gasteiger partial charge in [0, 0.05) is 42.8 Å². The summed E-state index contributed by atoms with van der Waals surface area (Å²) in [5.41, 5.74) is 3.04. The molecule has 0 amide bonds. The van der Waals surface area contributed by atoms with Crippen LogP contribution >= 0.6 is 0 Å². The molecule has 0 aliphatic carbocycles. The van der Waals surface area contributed by atoms with Crippen molar-refractivity contribution in [1.29, 1.82) is 0 Å². The largest absolute Gasteiger partial charge is 0.454 e. The molecule has 0 fully saturated rings. The first-order chi connectivity index (χ1) is 13.5. The number of halogens is 1. The van der Waals surface area contributed by atoms with Crippen molar-refractivity contribution >= 4 is 10.9 Å². The van der Waals surface area contributed by atoms with Gasteiger partial charge in [-0.05, 0) is 49.2 Å². The lowest BCUT2D eigenvalue weighted by molar-refractivity contribution is 0.441. The maximum absolute atomic E-state index is 14.6. The van der Waals surface area contributed by atoms with Crippen LogP contribution in [-0.2, 0) is 7.05 Å². The summed E-state index contributed by atoms with van der Waals surface area (Å²) in [5, 5.41) is 12.0. The first-order valence-electron chi connectivity index (χ1n) is 9.64. The first kappa shape index (κ1) is 18.3. The summed E-state index contributed by atoms with van der Waals surface area (Å²) in [7, 11) is 1.89. The molecule has 4 rings (SSSR count). The molecular weight excluding hydrogens is 355 g/mol. The minimum atomic E-state index is -0.373. The molecule has 0 radical (unpaired) electrons. The number of rotatable bonds is 6. The lowest BCUT2D eigenvalue weighted by atomic mass is 10.1. The summed E-state index contributed by atoms with van der Waals surface area (Å²) in [5.74, 6) is 0.431. The molecule has 1 aliphatic rings. The van der Waals surface area contributed by atoms with E-state index in [2.05, 4.69) is 22.7 Å². The number of hydrogen-bond donors (Lipinski definition) is 2. The fraction of sp³-hybridized carbons (Fsp3) is 0.318. The highest BCUT2D eigenvalue weighted by molar-refractivity contribution is 5.80. The quantitative estimate of drug-likeness (QED) is 0.647. The molecule has 2 atom stereocenters. The Morgan fingerprint density at radius 1 is 1.32 bits per heavy atom. The summed E-state index contributed by atoms with van der Waals surface area (Å²) in [6.45, 7) is 4.20. The molecule has 2 heterocycles. The van der Waals surface area contributed by atoms with Crippen LogP contribution in [0, 0.1) is 5.82 Å². The minimum Gasteiger partial charge on any atom is -0.454 e. The molecule has 1 aliphatic heterocycles. The van der Waals surface area contributed by atoms with Gasteiger partial charge in [0.1, 0.15) is 5.75 Å². The molecule has 146 valence electrons. The van der Waals surface area contributed by atoms with E-state index >= 15 is 0 Å². The molecule has 0 saturated heterocycles. The van der Waals surface area contributed by atoms with Gasteiger partial charge in [-0.15, -0.1) is 0 Å². The van der Waals surface area contributed by atoms with Crippen molar-refractivity contribution in [2.75, 3.05) is 0 Å². The van der Waals surface area contributed by atoms with Crippen LogP contribution in [0.1, 0.15) is 38.3 Å². The van der Waals surface area contributed by atoms with Crippen molar-refractivity contribution < 1.29 is 9.13 Å². The van der Waals surface area contributed by atoms with Crippen LogP contribution in [0.15, 0.2) is 54.5 Å². The van der Waals surface area contributed by atoms with E-state index in [1.807, 2.05) is 44.4 Å². The number of aromatic nitrogens is 2.